The first-order valence-electron chi connectivity index (χ1n) is 7.85. The molecule has 1 saturated heterocycles. The maximum atomic E-state index is 11.9. The first-order valence-corrected chi connectivity index (χ1v) is 7.85. The minimum absolute atomic E-state index is 0.149. The van der Waals surface area contributed by atoms with Crippen molar-refractivity contribution in [3.63, 3.8) is 0 Å². The molecule has 6 nitrogen and oxygen atoms in total. The van der Waals surface area contributed by atoms with Crippen LogP contribution in [0.3, 0.4) is 0 Å². The number of amides is 2. The summed E-state index contributed by atoms with van der Waals surface area (Å²) < 4.78 is 10.6. The lowest BCUT2D eigenvalue weighted by atomic mass is 9.61. The zero-order chi connectivity index (χ0) is 16.8. The first kappa shape index (κ1) is 16.9. The molecular weight excluding hydrogens is 284 g/mol. The van der Waals surface area contributed by atoms with E-state index in [2.05, 4.69) is 5.32 Å². The summed E-state index contributed by atoms with van der Waals surface area (Å²) in [7, 11) is 0. The fraction of sp³-hybridized carbons (Fsp3) is 0.875. The minimum atomic E-state index is -0.477. The van der Waals surface area contributed by atoms with Gasteiger partial charge >= 0.3 is 12.2 Å². The summed E-state index contributed by atoms with van der Waals surface area (Å²) in [6.07, 6.45) is 1.18. The molecule has 0 aromatic rings. The van der Waals surface area contributed by atoms with E-state index in [9.17, 15) is 9.59 Å². The molecule has 0 bridgehead atoms. The van der Waals surface area contributed by atoms with Crippen molar-refractivity contribution in [2.45, 2.75) is 71.6 Å². The van der Waals surface area contributed by atoms with E-state index in [0.717, 1.165) is 12.8 Å². The van der Waals surface area contributed by atoms with Crippen LogP contribution < -0.4 is 5.32 Å². The first-order chi connectivity index (χ1) is 9.88. The van der Waals surface area contributed by atoms with E-state index in [0.29, 0.717) is 13.1 Å². The predicted molar refractivity (Wildman–Crippen MR) is 82.6 cm³/mol. The zero-order valence-corrected chi connectivity index (χ0v) is 14.5. The molecule has 126 valence electrons. The number of likely N-dealkylation sites (tertiary alicyclic amines) is 1. The van der Waals surface area contributed by atoms with E-state index < -0.39 is 11.2 Å². The highest BCUT2D eigenvalue weighted by Gasteiger charge is 2.54. The molecular formula is C16H28N2O4. The van der Waals surface area contributed by atoms with Crippen LogP contribution in [0.2, 0.25) is 0 Å². The molecule has 1 saturated carbocycles. The summed E-state index contributed by atoms with van der Waals surface area (Å²) in [4.78, 5) is 25.3. The molecule has 6 heteroatoms. The molecule has 0 aromatic carbocycles. The van der Waals surface area contributed by atoms with Gasteiger partial charge in [0.1, 0.15) is 11.2 Å². The highest BCUT2D eigenvalue weighted by atomic mass is 16.6. The largest absolute Gasteiger partial charge is 0.444 e. The summed E-state index contributed by atoms with van der Waals surface area (Å²) in [6, 6.07) is 0.149. The number of hydrogen-bond acceptors (Lipinski definition) is 4. The zero-order valence-electron chi connectivity index (χ0n) is 14.5. The fourth-order valence-electron chi connectivity index (χ4n) is 3.04. The molecule has 1 aliphatic carbocycles. The van der Waals surface area contributed by atoms with Gasteiger partial charge in [0.25, 0.3) is 0 Å². The molecule has 22 heavy (non-hydrogen) atoms. The highest BCUT2D eigenvalue weighted by molar-refractivity contribution is 5.70. The van der Waals surface area contributed by atoms with Gasteiger partial charge in [0.15, 0.2) is 0 Å². The second-order valence-corrected chi connectivity index (χ2v) is 8.59. The van der Waals surface area contributed by atoms with Crippen LogP contribution in [0, 0.1) is 5.41 Å². The Morgan fingerprint density at radius 2 is 1.50 bits per heavy atom. The van der Waals surface area contributed by atoms with Gasteiger partial charge in [-0.2, -0.15) is 0 Å². The van der Waals surface area contributed by atoms with E-state index in [4.69, 9.17) is 9.47 Å². The van der Waals surface area contributed by atoms with Crippen molar-refractivity contribution in [3.05, 3.63) is 0 Å². The van der Waals surface area contributed by atoms with E-state index in [1.54, 1.807) is 4.90 Å². The van der Waals surface area contributed by atoms with Crippen LogP contribution in [0.1, 0.15) is 54.4 Å². The van der Waals surface area contributed by atoms with Crippen LogP contribution in [-0.4, -0.2) is 47.4 Å². The molecule has 0 aromatic heterocycles. The van der Waals surface area contributed by atoms with Gasteiger partial charge in [0.05, 0.1) is 0 Å². The van der Waals surface area contributed by atoms with E-state index in [1.165, 1.54) is 0 Å². The van der Waals surface area contributed by atoms with Crippen LogP contribution >= 0.6 is 0 Å². The molecule has 1 N–H and O–H groups in total. The lowest BCUT2D eigenvalue weighted by Gasteiger charge is -2.58. The highest BCUT2D eigenvalue weighted by Crippen LogP contribution is 2.48. The number of nitrogens with zero attached hydrogens (tertiary/aromatic N) is 1. The topological polar surface area (TPSA) is 67.9 Å². The summed E-state index contributed by atoms with van der Waals surface area (Å²) >= 11 is 0. The number of nitrogens with one attached hydrogen (secondary N) is 1. The Kier molecular flexibility index (Phi) is 4.09. The Balaban J connectivity index is 1.68. The van der Waals surface area contributed by atoms with Crippen LogP contribution in [0.25, 0.3) is 0 Å². The van der Waals surface area contributed by atoms with Gasteiger partial charge in [-0.05, 0) is 54.4 Å². The van der Waals surface area contributed by atoms with Crippen LogP contribution in [0.5, 0.6) is 0 Å². The summed E-state index contributed by atoms with van der Waals surface area (Å²) in [6.45, 7) is 12.6. The maximum absolute atomic E-state index is 11.9. The van der Waals surface area contributed by atoms with Crippen molar-refractivity contribution >= 4 is 12.2 Å². The Labute approximate surface area is 132 Å². The summed E-state index contributed by atoms with van der Waals surface area (Å²) in [5.41, 5.74) is -0.771. The molecule has 1 spiro atoms. The van der Waals surface area contributed by atoms with Crippen LogP contribution in [0.4, 0.5) is 9.59 Å². The van der Waals surface area contributed by atoms with E-state index in [1.807, 2.05) is 41.5 Å². The van der Waals surface area contributed by atoms with Gasteiger partial charge in [0, 0.05) is 24.5 Å². The second kappa shape index (κ2) is 5.32. The quantitative estimate of drug-likeness (QED) is 0.808. The van der Waals surface area contributed by atoms with Gasteiger partial charge in [0.2, 0.25) is 0 Å². The van der Waals surface area contributed by atoms with E-state index in [-0.39, 0.29) is 23.6 Å². The average molecular weight is 312 g/mol. The number of carbonyl (C=O) groups is 2. The Morgan fingerprint density at radius 1 is 1.00 bits per heavy atom. The number of rotatable bonds is 1. The Bertz CT molecular complexity index is 448. The predicted octanol–water partition coefficient (Wildman–Crippen LogP) is 2.91. The van der Waals surface area contributed by atoms with Crippen LogP contribution in [-0.2, 0) is 9.47 Å². The monoisotopic (exact) mass is 312 g/mol. The van der Waals surface area contributed by atoms with Crippen molar-refractivity contribution in [1.29, 1.82) is 0 Å². The SMILES string of the molecule is CC(C)(C)OC(=O)NC1CC2(C1)CN(C(=O)OC(C)(C)C)C2. The third-order valence-corrected chi connectivity index (χ3v) is 3.78. The van der Waals surface area contributed by atoms with Crippen LogP contribution in [0.15, 0.2) is 0 Å². The standard InChI is InChI=1S/C16H28N2O4/c1-14(2,3)21-12(19)17-11-7-16(8-11)9-18(10-16)13(20)22-15(4,5)6/h11H,7-10H2,1-6H3,(H,17,19). The summed E-state index contributed by atoms with van der Waals surface area (Å²) in [5, 5.41) is 2.88. The summed E-state index contributed by atoms with van der Waals surface area (Å²) in [5.74, 6) is 0. The number of carbonyl (C=O) groups excluding carboxylic acids is 2. The average Bonchev–Trinajstić information content (AvgIpc) is 2.13. The van der Waals surface area contributed by atoms with Gasteiger partial charge in [-0.25, -0.2) is 9.59 Å². The van der Waals surface area contributed by atoms with E-state index >= 15 is 0 Å². The smallest absolute Gasteiger partial charge is 0.410 e. The number of alkyl carbamates (subject to hydrolysis) is 1. The molecule has 2 amide bonds. The Morgan fingerprint density at radius 3 is 1.95 bits per heavy atom. The lowest BCUT2D eigenvalue weighted by Crippen LogP contribution is -2.68. The van der Waals surface area contributed by atoms with Crippen molar-refractivity contribution in [2.24, 2.45) is 5.41 Å². The molecule has 2 aliphatic rings. The number of hydrogen-bond donors (Lipinski definition) is 1. The Hall–Kier alpha value is -1.46. The third-order valence-electron chi connectivity index (χ3n) is 3.78. The molecule has 1 aliphatic heterocycles. The van der Waals surface area contributed by atoms with Crippen molar-refractivity contribution in [1.82, 2.24) is 10.2 Å². The maximum Gasteiger partial charge on any atom is 0.410 e. The van der Waals surface area contributed by atoms with Crippen molar-refractivity contribution in [3.8, 4) is 0 Å². The third kappa shape index (κ3) is 4.27. The molecule has 0 atom stereocenters. The molecule has 2 rings (SSSR count). The van der Waals surface area contributed by atoms with Gasteiger partial charge in [-0.1, -0.05) is 0 Å². The van der Waals surface area contributed by atoms with Gasteiger partial charge < -0.3 is 19.7 Å². The molecule has 0 unspecified atom stereocenters. The number of ether oxygens (including phenoxy) is 2. The second-order valence-electron chi connectivity index (χ2n) is 8.59. The molecule has 0 radical (unpaired) electrons. The van der Waals surface area contributed by atoms with Crippen molar-refractivity contribution < 1.29 is 19.1 Å². The van der Waals surface area contributed by atoms with Crippen molar-refractivity contribution in [2.75, 3.05) is 13.1 Å². The lowest BCUT2D eigenvalue weighted by molar-refractivity contribution is -0.0831. The molecule has 2 fully saturated rings. The minimum Gasteiger partial charge on any atom is -0.444 e. The molecule has 1 heterocycles. The van der Waals surface area contributed by atoms with Gasteiger partial charge in [-0.15, -0.1) is 0 Å². The van der Waals surface area contributed by atoms with Gasteiger partial charge in [-0.3, -0.25) is 0 Å². The fourth-order valence-corrected chi connectivity index (χ4v) is 3.04. The normalized spacial score (nSPS) is 20.9.